The van der Waals surface area contributed by atoms with Gasteiger partial charge in [0.15, 0.2) is 0 Å². The van der Waals surface area contributed by atoms with Crippen molar-refractivity contribution >= 4 is 6.01 Å². The van der Waals surface area contributed by atoms with E-state index in [0.29, 0.717) is 11.9 Å². The maximum atomic E-state index is 5.69. The highest BCUT2D eigenvalue weighted by Gasteiger charge is 2.31. The van der Waals surface area contributed by atoms with Gasteiger partial charge in [-0.15, -0.1) is 5.10 Å². The van der Waals surface area contributed by atoms with Crippen molar-refractivity contribution in [2.45, 2.75) is 44.8 Å². The van der Waals surface area contributed by atoms with Crippen molar-refractivity contribution < 1.29 is 9.15 Å². The second kappa shape index (κ2) is 3.73. The summed E-state index contributed by atoms with van der Waals surface area (Å²) < 4.78 is 11.4. The first kappa shape index (κ1) is 10.1. The van der Waals surface area contributed by atoms with Gasteiger partial charge >= 0.3 is 6.01 Å². The Balaban J connectivity index is 1.74. The molecule has 1 aromatic rings. The predicted octanol–water partition coefficient (Wildman–Crippen LogP) is 1.56. The van der Waals surface area contributed by atoms with Gasteiger partial charge in [0, 0.05) is 19.0 Å². The van der Waals surface area contributed by atoms with Crippen LogP contribution in [0.25, 0.3) is 0 Å². The summed E-state index contributed by atoms with van der Waals surface area (Å²) in [6.45, 7) is 5.80. The smallest absolute Gasteiger partial charge is 0.318 e. The number of morpholine rings is 1. The Morgan fingerprint density at radius 2 is 1.81 bits per heavy atom. The highest BCUT2D eigenvalue weighted by atomic mass is 16.5. The van der Waals surface area contributed by atoms with Crippen molar-refractivity contribution in [3.05, 3.63) is 5.89 Å². The van der Waals surface area contributed by atoms with Crippen LogP contribution in [0.4, 0.5) is 6.01 Å². The monoisotopic (exact) mass is 223 g/mol. The average molecular weight is 223 g/mol. The molecular weight excluding hydrogens is 206 g/mol. The van der Waals surface area contributed by atoms with Crippen LogP contribution in [0.2, 0.25) is 0 Å². The molecular formula is C11H17N3O2. The van der Waals surface area contributed by atoms with Gasteiger partial charge in [-0.2, -0.15) is 0 Å². The van der Waals surface area contributed by atoms with Gasteiger partial charge < -0.3 is 14.1 Å². The molecule has 3 rings (SSSR count). The van der Waals surface area contributed by atoms with Crippen molar-refractivity contribution in [3.63, 3.8) is 0 Å². The zero-order valence-corrected chi connectivity index (χ0v) is 9.72. The lowest BCUT2D eigenvalue weighted by atomic mass is 10.2. The van der Waals surface area contributed by atoms with Gasteiger partial charge in [0.25, 0.3) is 0 Å². The van der Waals surface area contributed by atoms with Crippen molar-refractivity contribution in [2.24, 2.45) is 0 Å². The minimum absolute atomic E-state index is 0.222. The van der Waals surface area contributed by atoms with E-state index in [-0.39, 0.29) is 12.2 Å². The van der Waals surface area contributed by atoms with Gasteiger partial charge in [-0.1, -0.05) is 5.10 Å². The molecule has 5 nitrogen and oxygen atoms in total. The third-order valence-electron chi connectivity index (χ3n) is 3.05. The SMILES string of the molecule is CC1CN(c2nnc(C3CC3)o2)CC(C)O1. The third kappa shape index (κ3) is 1.91. The normalized spacial score (nSPS) is 30.8. The average Bonchev–Trinajstić information content (AvgIpc) is 2.95. The number of anilines is 1. The van der Waals surface area contributed by atoms with E-state index >= 15 is 0 Å². The maximum absolute atomic E-state index is 5.69. The molecule has 2 atom stereocenters. The number of hydrogen-bond acceptors (Lipinski definition) is 5. The molecule has 2 fully saturated rings. The van der Waals surface area contributed by atoms with Crippen molar-refractivity contribution in [1.82, 2.24) is 10.2 Å². The fourth-order valence-electron chi connectivity index (χ4n) is 2.18. The number of rotatable bonds is 2. The molecule has 0 amide bonds. The van der Waals surface area contributed by atoms with Gasteiger partial charge in [-0.05, 0) is 26.7 Å². The summed E-state index contributed by atoms with van der Waals surface area (Å²) in [5.41, 5.74) is 0. The molecule has 2 unspecified atom stereocenters. The van der Waals surface area contributed by atoms with E-state index < -0.39 is 0 Å². The van der Waals surface area contributed by atoms with Gasteiger partial charge in [0.05, 0.1) is 12.2 Å². The summed E-state index contributed by atoms with van der Waals surface area (Å²) in [5.74, 6) is 1.33. The molecule has 0 N–H and O–H groups in total. The van der Waals surface area contributed by atoms with Crippen molar-refractivity contribution in [1.29, 1.82) is 0 Å². The second-order valence-electron chi connectivity index (χ2n) is 4.86. The fraction of sp³-hybridized carbons (Fsp3) is 0.818. The van der Waals surface area contributed by atoms with Crippen LogP contribution in [0, 0.1) is 0 Å². The highest BCUT2D eigenvalue weighted by Crippen LogP contribution is 2.39. The van der Waals surface area contributed by atoms with Gasteiger partial charge in [-0.3, -0.25) is 0 Å². The molecule has 1 aromatic heterocycles. The number of nitrogens with zero attached hydrogens (tertiary/aromatic N) is 3. The third-order valence-corrected chi connectivity index (χ3v) is 3.05. The zero-order chi connectivity index (χ0) is 11.1. The first-order chi connectivity index (χ1) is 7.72. The molecule has 2 aliphatic rings. The van der Waals surface area contributed by atoms with E-state index in [2.05, 4.69) is 28.9 Å². The Hall–Kier alpha value is -1.10. The molecule has 2 heterocycles. The Labute approximate surface area is 94.8 Å². The lowest BCUT2D eigenvalue weighted by Gasteiger charge is -2.33. The molecule has 5 heteroatoms. The van der Waals surface area contributed by atoms with E-state index in [9.17, 15) is 0 Å². The first-order valence-electron chi connectivity index (χ1n) is 5.96. The summed E-state index contributed by atoms with van der Waals surface area (Å²) in [6, 6.07) is 0.656. The molecule has 1 aliphatic carbocycles. The Morgan fingerprint density at radius 1 is 1.12 bits per heavy atom. The van der Waals surface area contributed by atoms with Gasteiger partial charge in [0.2, 0.25) is 5.89 Å². The van der Waals surface area contributed by atoms with Crippen LogP contribution in [-0.2, 0) is 4.74 Å². The molecule has 1 saturated carbocycles. The lowest BCUT2D eigenvalue weighted by molar-refractivity contribution is -0.00675. The predicted molar refractivity (Wildman–Crippen MR) is 58.5 cm³/mol. The summed E-state index contributed by atoms with van der Waals surface area (Å²) >= 11 is 0. The standard InChI is InChI=1S/C11H17N3O2/c1-7-5-14(6-8(2)15-7)11-13-12-10(16-11)9-3-4-9/h7-9H,3-6H2,1-2H3. The molecule has 0 spiro atoms. The quantitative estimate of drug-likeness (QED) is 0.761. The molecule has 16 heavy (non-hydrogen) atoms. The molecule has 1 saturated heterocycles. The highest BCUT2D eigenvalue weighted by molar-refractivity contribution is 5.26. The summed E-state index contributed by atoms with van der Waals surface area (Å²) in [4.78, 5) is 2.12. The second-order valence-corrected chi connectivity index (χ2v) is 4.86. The van der Waals surface area contributed by atoms with Crippen LogP contribution in [-0.4, -0.2) is 35.5 Å². The topological polar surface area (TPSA) is 51.4 Å². The fourth-order valence-corrected chi connectivity index (χ4v) is 2.18. The van der Waals surface area contributed by atoms with Crippen LogP contribution >= 0.6 is 0 Å². The number of ether oxygens (including phenoxy) is 1. The molecule has 1 aliphatic heterocycles. The van der Waals surface area contributed by atoms with Crippen LogP contribution in [0.1, 0.15) is 38.5 Å². The Morgan fingerprint density at radius 3 is 2.44 bits per heavy atom. The number of aromatic nitrogens is 2. The van der Waals surface area contributed by atoms with Gasteiger partial charge in [-0.25, -0.2) is 0 Å². The van der Waals surface area contributed by atoms with Crippen LogP contribution in [0.15, 0.2) is 4.42 Å². The minimum atomic E-state index is 0.222. The number of hydrogen-bond donors (Lipinski definition) is 0. The summed E-state index contributed by atoms with van der Waals surface area (Å²) in [6.07, 6.45) is 2.83. The van der Waals surface area contributed by atoms with Crippen LogP contribution < -0.4 is 4.90 Å². The largest absolute Gasteiger partial charge is 0.408 e. The van der Waals surface area contributed by atoms with Crippen molar-refractivity contribution in [2.75, 3.05) is 18.0 Å². The van der Waals surface area contributed by atoms with E-state index in [1.165, 1.54) is 12.8 Å². The lowest BCUT2D eigenvalue weighted by Crippen LogP contribution is -2.45. The van der Waals surface area contributed by atoms with E-state index in [1.807, 2.05) is 0 Å². The van der Waals surface area contributed by atoms with Gasteiger partial charge in [0.1, 0.15) is 0 Å². The zero-order valence-electron chi connectivity index (χ0n) is 9.72. The Bertz CT molecular complexity index is 365. The maximum Gasteiger partial charge on any atom is 0.318 e. The Kier molecular flexibility index (Phi) is 2.35. The van der Waals surface area contributed by atoms with Crippen molar-refractivity contribution in [3.8, 4) is 0 Å². The van der Waals surface area contributed by atoms with E-state index in [1.54, 1.807) is 0 Å². The van der Waals surface area contributed by atoms with Crippen LogP contribution in [0.5, 0.6) is 0 Å². The van der Waals surface area contributed by atoms with Crippen LogP contribution in [0.3, 0.4) is 0 Å². The molecule has 0 radical (unpaired) electrons. The minimum Gasteiger partial charge on any atom is -0.408 e. The molecule has 88 valence electrons. The van der Waals surface area contributed by atoms with E-state index in [4.69, 9.17) is 9.15 Å². The van der Waals surface area contributed by atoms with E-state index in [0.717, 1.165) is 19.0 Å². The molecule has 0 aromatic carbocycles. The first-order valence-corrected chi connectivity index (χ1v) is 5.96. The summed E-state index contributed by atoms with van der Waals surface area (Å²) in [7, 11) is 0. The summed E-state index contributed by atoms with van der Waals surface area (Å²) in [5, 5.41) is 8.23. The molecule has 0 bridgehead atoms.